The molecule has 5 rings (SSSR count). The summed E-state index contributed by atoms with van der Waals surface area (Å²) in [5, 5.41) is 21.5. The SMILES string of the molecule is O=[N+]([O-])c1ccc(C23C[C@H]4C[C@@H](CC(O)(C4)C2)C3)cc1. The van der Waals surface area contributed by atoms with Crippen LogP contribution in [-0.4, -0.2) is 15.6 Å². The quantitative estimate of drug-likeness (QED) is 0.665. The first-order valence-corrected chi connectivity index (χ1v) is 7.45. The van der Waals surface area contributed by atoms with E-state index in [9.17, 15) is 15.2 Å². The molecule has 4 fully saturated rings. The van der Waals surface area contributed by atoms with Crippen LogP contribution < -0.4 is 0 Å². The maximum absolute atomic E-state index is 10.8. The molecular weight excluding hydrogens is 254 g/mol. The monoisotopic (exact) mass is 273 g/mol. The highest BCUT2D eigenvalue weighted by Crippen LogP contribution is 2.62. The van der Waals surface area contributed by atoms with Gasteiger partial charge >= 0.3 is 0 Å². The molecule has 0 unspecified atom stereocenters. The number of hydrogen-bond acceptors (Lipinski definition) is 3. The van der Waals surface area contributed by atoms with E-state index < -0.39 is 5.60 Å². The molecule has 106 valence electrons. The molecule has 4 bridgehead atoms. The Morgan fingerprint density at radius 1 is 1.10 bits per heavy atom. The van der Waals surface area contributed by atoms with Crippen LogP contribution in [0.3, 0.4) is 0 Å². The number of non-ortho nitro benzene ring substituents is 1. The van der Waals surface area contributed by atoms with Gasteiger partial charge in [0.15, 0.2) is 0 Å². The van der Waals surface area contributed by atoms with Crippen molar-refractivity contribution in [2.45, 2.75) is 49.5 Å². The van der Waals surface area contributed by atoms with Crippen LogP contribution in [0.25, 0.3) is 0 Å². The van der Waals surface area contributed by atoms with E-state index in [0.717, 1.165) is 32.1 Å². The normalized spacial score (nSPS) is 41.9. The van der Waals surface area contributed by atoms with E-state index >= 15 is 0 Å². The first kappa shape index (κ1) is 12.3. The number of aliphatic hydroxyl groups is 1. The van der Waals surface area contributed by atoms with Crippen molar-refractivity contribution in [3.05, 3.63) is 39.9 Å². The molecule has 0 amide bonds. The Labute approximate surface area is 118 Å². The van der Waals surface area contributed by atoms with Crippen LogP contribution in [0.1, 0.15) is 44.1 Å². The van der Waals surface area contributed by atoms with E-state index in [0.29, 0.717) is 11.8 Å². The van der Waals surface area contributed by atoms with Gasteiger partial charge in [-0.1, -0.05) is 12.1 Å². The number of nitrogens with zero attached hydrogens (tertiary/aromatic N) is 1. The van der Waals surface area contributed by atoms with Gasteiger partial charge in [0.1, 0.15) is 0 Å². The predicted octanol–water partition coefficient (Wildman–Crippen LogP) is 3.18. The summed E-state index contributed by atoms with van der Waals surface area (Å²) in [6, 6.07) is 7.04. The molecule has 4 aliphatic carbocycles. The van der Waals surface area contributed by atoms with Crippen LogP contribution in [0.15, 0.2) is 24.3 Å². The smallest absolute Gasteiger partial charge is 0.269 e. The lowest BCUT2D eigenvalue weighted by Gasteiger charge is -2.60. The molecule has 1 aromatic carbocycles. The lowest BCUT2D eigenvalue weighted by atomic mass is 9.46. The first-order valence-electron chi connectivity index (χ1n) is 7.45. The second-order valence-electron chi connectivity index (χ2n) is 7.27. The van der Waals surface area contributed by atoms with Crippen LogP contribution in [0.4, 0.5) is 5.69 Å². The second kappa shape index (κ2) is 3.82. The first-order chi connectivity index (χ1) is 9.48. The van der Waals surface area contributed by atoms with Crippen molar-refractivity contribution in [1.29, 1.82) is 0 Å². The van der Waals surface area contributed by atoms with E-state index in [-0.39, 0.29) is 16.0 Å². The van der Waals surface area contributed by atoms with Crippen LogP contribution in [0.5, 0.6) is 0 Å². The fraction of sp³-hybridized carbons (Fsp3) is 0.625. The lowest BCUT2D eigenvalue weighted by molar-refractivity contribution is -0.384. The van der Waals surface area contributed by atoms with Crippen molar-refractivity contribution >= 4 is 5.69 Å². The summed E-state index contributed by atoms with van der Waals surface area (Å²) in [5.41, 5.74) is 0.924. The fourth-order valence-corrected chi connectivity index (χ4v) is 5.49. The Bertz CT molecular complexity index is 552. The van der Waals surface area contributed by atoms with Crippen LogP contribution >= 0.6 is 0 Å². The average molecular weight is 273 g/mol. The standard InChI is InChI=1S/C16H19NO3/c18-16-8-11-5-12(9-16)7-15(6-11,10-16)13-1-3-14(4-2-13)17(19)20/h1-4,11-12,18H,5-10H2/t11-,12-,15?,16?/m1/s1. The third kappa shape index (κ3) is 1.71. The number of nitro benzene ring substituents is 1. The maximum atomic E-state index is 10.8. The van der Waals surface area contributed by atoms with Gasteiger partial charge in [0.25, 0.3) is 5.69 Å². The summed E-state index contributed by atoms with van der Waals surface area (Å²) >= 11 is 0. The summed E-state index contributed by atoms with van der Waals surface area (Å²) in [6.45, 7) is 0. The molecule has 4 aliphatic rings. The third-order valence-corrected chi connectivity index (χ3v) is 5.72. The fourth-order valence-electron chi connectivity index (χ4n) is 5.49. The average Bonchev–Trinajstić information content (AvgIpc) is 2.36. The van der Waals surface area contributed by atoms with Gasteiger partial charge in [-0.15, -0.1) is 0 Å². The van der Waals surface area contributed by atoms with Gasteiger partial charge in [-0.2, -0.15) is 0 Å². The van der Waals surface area contributed by atoms with Gasteiger partial charge in [0.2, 0.25) is 0 Å². The summed E-state index contributed by atoms with van der Waals surface area (Å²) < 4.78 is 0. The van der Waals surface area contributed by atoms with Crippen molar-refractivity contribution in [1.82, 2.24) is 0 Å². The Kier molecular flexibility index (Phi) is 2.35. The molecule has 0 saturated heterocycles. The van der Waals surface area contributed by atoms with E-state index in [1.807, 2.05) is 12.1 Å². The van der Waals surface area contributed by atoms with Gasteiger partial charge < -0.3 is 5.11 Å². The molecule has 0 aromatic heterocycles. The summed E-state index contributed by atoms with van der Waals surface area (Å²) in [5.74, 6) is 1.27. The second-order valence-corrected chi connectivity index (χ2v) is 7.27. The van der Waals surface area contributed by atoms with Crippen molar-refractivity contribution < 1.29 is 10.0 Å². The molecule has 2 atom stereocenters. The Morgan fingerprint density at radius 3 is 2.20 bits per heavy atom. The zero-order chi connectivity index (χ0) is 14.0. The Morgan fingerprint density at radius 2 is 1.70 bits per heavy atom. The molecule has 1 N–H and O–H groups in total. The van der Waals surface area contributed by atoms with Crippen molar-refractivity contribution in [2.24, 2.45) is 11.8 Å². The van der Waals surface area contributed by atoms with E-state index in [1.165, 1.54) is 12.0 Å². The van der Waals surface area contributed by atoms with Crippen molar-refractivity contribution in [2.75, 3.05) is 0 Å². The minimum absolute atomic E-state index is 0.0635. The Balaban J connectivity index is 1.72. The predicted molar refractivity (Wildman–Crippen MR) is 74.4 cm³/mol. The van der Waals surface area contributed by atoms with E-state index in [2.05, 4.69) is 0 Å². The number of nitro groups is 1. The summed E-state index contributed by atoms with van der Waals surface area (Å²) in [6.07, 6.45) is 6.30. The number of rotatable bonds is 2. The van der Waals surface area contributed by atoms with Crippen LogP contribution in [-0.2, 0) is 5.41 Å². The third-order valence-electron chi connectivity index (χ3n) is 5.72. The van der Waals surface area contributed by atoms with Gasteiger partial charge in [-0.25, -0.2) is 0 Å². The van der Waals surface area contributed by atoms with E-state index in [1.54, 1.807) is 12.1 Å². The molecule has 4 heteroatoms. The minimum Gasteiger partial charge on any atom is -0.390 e. The molecule has 1 aromatic rings. The van der Waals surface area contributed by atoms with Gasteiger partial charge in [0, 0.05) is 12.1 Å². The molecule has 20 heavy (non-hydrogen) atoms. The lowest BCUT2D eigenvalue weighted by Crippen LogP contribution is -2.57. The summed E-state index contributed by atoms with van der Waals surface area (Å²) in [4.78, 5) is 10.4. The highest BCUT2D eigenvalue weighted by atomic mass is 16.6. The molecule has 0 radical (unpaired) electrons. The summed E-state index contributed by atoms with van der Waals surface area (Å²) in [7, 11) is 0. The van der Waals surface area contributed by atoms with Gasteiger partial charge in [-0.3, -0.25) is 10.1 Å². The zero-order valence-corrected chi connectivity index (χ0v) is 11.4. The number of hydrogen-bond donors (Lipinski definition) is 1. The molecule has 0 heterocycles. The molecule has 4 nitrogen and oxygen atoms in total. The molecule has 0 spiro atoms. The van der Waals surface area contributed by atoms with Crippen LogP contribution in [0.2, 0.25) is 0 Å². The molecule has 0 aliphatic heterocycles. The van der Waals surface area contributed by atoms with Gasteiger partial charge in [0.05, 0.1) is 10.5 Å². The van der Waals surface area contributed by atoms with Crippen molar-refractivity contribution in [3.63, 3.8) is 0 Å². The van der Waals surface area contributed by atoms with Crippen LogP contribution in [0, 0.1) is 22.0 Å². The Hall–Kier alpha value is -1.42. The van der Waals surface area contributed by atoms with Gasteiger partial charge in [-0.05, 0) is 61.3 Å². The largest absolute Gasteiger partial charge is 0.390 e. The molecule has 4 saturated carbocycles. The number of benzene rings is 1. The molecular formula is C16H19NO3. The van der Waals surface area contributed by atoms with Crippen molar-refractivity contribution in [3.8, 4) is 0 Å². The topological polar surface area (TPSA) is 63.4 Å². The maximum Gasteiger partial charge on any atom is 0.269 e. The minimum atomic E-state index is -0.480. The highest BCUT2D eigenvalue weighted by Gasteiger charge is 2.57. The highest BCUT2D eigenvalue weighted by molar-refractivity contribution is 5.38. The zero-order valence-electron chi connectivity index (χ0n) is 11.4. The van der Waals surface area contributed by atoms with E-state index in [4.69, 9.17) is 0 Å².